The molecule has 96 valence electrons. The Morgan fingerprint density at radius 1 is 1.24 bits per heavy atom. The molecule has 0 heterocycles. The first kappa shape index (κ1) is 12.4. The van der Waals surface area contributed by atoms with Gasteiger partial charge in [0.05, 0.1) is 0 Å². The van der Waals surface area contributed by atoms with Crippen molar-refractivity contribution in [3.8, 4) is 0 Å². The fourth-order valence-corrected chi connectivity index (χ4v) is 2.92. The monoisotopic (exact) mass is 239 g/mol. The molecular formula is C13H21NO3. The van der Waals surface area contributed by atoms with E-state index in [0.717, 1.165) is 32.1 Å². The normalized spacial score (nSPS) is 33.8. The van der Waals surface area contributed by atoms with E-state index < -0.39 is 11.5 Å². The number of carbonyl (C=O) groups excluding carboxylic acids is 1. The van der Waals surface area contributed by atoms with E-state index in [4.69, 9.17) is 0 Å². The molecule has 0 aromatic rings. The number of hydrogen-bond donors (Lipinski definition) is 2. The van der Waals surface area contributed by atoms with Gasteiger partial charge in [0.2, 0.25) is 5.91 Å². The molecule has 0 aromatic heterocycles. The van der Waals surface area contributed by atoms with Gasteiger partial charge in [-0.25, -0.2) is 4.79 Å². The summed E-state index contributed by atoms with van der Waals surface area (Å²) in [6, 6.07) is 0. The molecule has 2 fully saturated rings. The molecule has 4 heteroatoms. The highest BCUT2D eigenvalue weighted by atomic mass is 16.4. The van der Waals surface area contributed by atoms with E-state index in [9.17, 15) is 14.7 Å². The van der Waals surface area contributed by atoms with Gasteiger partial charge in [-0.2, -0.15) is 0 Å². The highest BCUT2D eigenvalue weighted by molar-refractivity contribution is 5.88. The third-order valence-corrected chi connectivity index (χ3v) is 4.25. The van der Waals surface area contributed by atoms with Crippen molar-refractivity contribution in [3.05, 3.63) is 0 Å². The number of nitrogens with one attached hydrogen (secondary N) is 1. The number of aliphatic carboxylic acids is 1. The lowest BCUT2D eigenvalue weighted by Crippen LogP contribution is -2.58. The fraction of sp³-hybridized carbons (Fsp3) is 0.846. The van der Waals surface area contributed by atoms with Gasteiger partial charge in [0.25, 0.3) is 0 Å². The zero-order chi connectivity index (χ0) is 12.5. The van der Waals surface area contributed by atoms with Crippen LogP contribution in [0.25, 0.3) is 0 Å². The molecule has 2 aliphatic rings. The van der Waals surface area contributed by atoms with Crippen molar-refractivity contribution in [2.24, 2.45) is 11.8 Å². The highest BCUT2D eigenvalue weighted by Crippen LogP contribution is 2.34. The van der Waals surface area contributed by atoms with Crippen molar-refractivity contribution >= 4 is 11.9 Å². The van der Waals surface area contributed by atoms with Crippen molar-refractivity contribution in [1.82, 2.24) is 5.32 Å². The van der Waals surface area contributed by atoms with Crippen LogP contribution in [0.1, 0.15) is 51.9 Å². The van der Waals surface area contributed by atoms with E-state index in [-0.39, 0.29) is 11.8 Å². The molecule has 2 atom stereocenters. The van der Waals surface area contributed by atoms with Gasteiger partial charge in [-0.15, -0.1) is 0 Å². The summed E-state index contributed by atoms with van der Waals surface area (Å²) in [6.45, 7) is 2.06. The largest absolute Gasteiger partial charge is 0.480 e. The minimum Gasteiger partial charge on any atom is -0.480 e. The summed E-state index contributed by atoms with van der Waals surface area (Å²) >= 11 is 0. The fourth-order valence-electron chi connectivity index (χ4n) is 2.92. The topological polar surface area (TPSA) is 66.4 Å². The smallest absolute Gasteiger partial charge is 0.329 e. The van der Waals surface area contributed by atoms with Crippen molar-refractivity contribution in [2.45, 2.75) is 57.4 Å². The van der Waals surface area contributed by atoms with Crippen LogP contribution in [0.3, 0.4) is 0 Å². The van der Waals surface area contributed by atoms with E-state index in [1.54, 1.807) is 0 Å². The summed E-state index contributed by atoms with van der Waals surface area (Å²) in [6.07, 6.45) is 6.02. The Kier molecular flexibility index (Phi) is 3.40. The molecule has 2 N–H and O–H groups in total. The van der Waals surface area contributed by atoms with Crippen LogP contribution in [0.5, 0.6) is 0 Å². The number of carboxylic acid groups (broad SMARTS) is 1. The van der Waals surface area contributed by atoms with Gasteiger partial charge in [-0.1, -0.05) is 26.2 Å². The Morgan fingerprint density at radius 3 is 2.41 bits per heavy atom. The Hall–Kier alpha value is -1.06. The second-order valence-electron chi connectivity index (χ2n) is 5.71. The van der Waals surface area contributed by atoms with Crippen LogP contribution in [-0.4, -0.2) is 22.5 Å². The van der Waals surface area contributed by atoms with Crippen LogP contribution in [0.15, 0.2) is 0 Å². The van der Waals surface area contributed by atoms with Crippen LogP contribution in [0.4, 0.5) is 0 Å². The summed E-state index contributed by atoms with van der Waals surface area (Å²) in [4.78, 5) is 23.4. The van der Waals surface area contributed by atoms with Gasteiger partial charge in [-0.3, -0.25) is 4.79 Å². The Morgan fingerprint density at radius 2 is 1.94 bits per heavy atom. The molecule has 0 aliphatic heterocycles. The SMILES string of the molecule is CC1CCCC(NC(=O)C2CCC2)(C(=O)O)C1. The third kappa shape index (κ3) is 2.45. The summed E-state index contributed by atoms with van der Waals surface area (Å²) in [5.41, 5.74) is -0.996. The van der Waals surface area contributed by atoms with Crippen LogP contribution >= 0.6 is 0 Å². The predicted molar refractivity (Wildman–Crippen MR) is 63.5 cm³/mol. The first-order valence-electron chi connectivity index (χ1n) is 6.59. The maximum absolute atomic E-state index is 11.9. The molecule has 17 heavy (non-hydrogen) atoms. The summed E-state index contributed by atoms with van der Waals surface area (Å²) in [5, 5.41) is 12.2. The lowest BCUT2D eigenvalue weighted by molar-refractivity contribution is -0.151. The second kappa shape index (κ2) is 4.67. The van der Waals surface area contributed by atoms with Gasteiger partial charge in [-0.05, 0) is 31.6 Å². The van der Waals surface area contributed by atoms with E-state index in [2.05, 4.69) is 12.2 Å². The molecule has 0 spiro atoms. The van der Waals surface area contributed by atoms with Gasteiger partial charge in [0.15, 0.2) is 0 Å². The molecule has 2 rings (SSSR count). The Balaban J connectivity index is 2.05. The minimum absolute atomic E-state index is 0.0484. The zero-order valence-electron chi connectivity index (χ0n) is 10.4. The van der Waals surface area contributed by atoms with Crippen molar-refractivity contribution in [1.29, 1.82) is 0 Å². The summed E-state index contributed by atoms with van der Waals surface area (Å²) < 4.78 is 0. The first-order valence-corrected chi connectivity index (χ1v) is 6.59. The van der Waals surface area contributed by atoms with Crippen LogP contribution < -0.4 is 5.32 Å². The number of carbonyl (C=O) groups is 2. The third-order valence-electron chi connectivity index (χ3n) is 4.25. The number of carboxylic acids is 1. The summed E-state index contributed by atoms with van der Waals surface area (Å²) in [5.74, 6) is -0.477. The summed E-state index contributed by atoms with van der Waals surface area (Å²) in [7, 11) is 0. The van der Waals surface area contributed by atoms with E-state index >= 15 is 0 Å². The lowest BCUT2D eigenvalue weighted by Gasteiger charge is -2.39. The predicted octanol–water partition coefficient (Wildman–Crippen LogP) is 1.94. The molecule has 0 saturated heterocycles. The molecule has 1 amide bonds. The number of hydrogen-bond acceptors (Lipinski definition) is 2. The lowest BCUT2D eigenvalue weighted by atomic mass is 9.75. The highest BCUT2D eigenvalue weighted by Gasteiger charge is 2.44. The average molecular weight is 239 g/mol. The maximum Gasteiger partial charge on any atom is 0.329 e. The molecule has 4 nitrogen and oxygen atoms in total. The molecule has 2 unspecified atom stereocenters. The second-order valence-corrected chi connectivity index (χ2v) is 5.71. The maximum atomic E-state index is 11.9. The molecule has 0 aromatic carbocycles. The van der Waals surface area contributed by atoms with Crippen molar-refractivity contribution in [3.63, 3.8) is 0 Å². The zero-order valence-corrected chi connectivity index (χ0v) is 10.4. The van der Waals surface area contributed by atoms with Gasteiger partial charge in [0.1, 0.15) is 5.54 Å². The van der Waals surface area contributed by atoms with E-state index in [0.29, 0.717) is 18.8 Å². The van der Waals surface area contributed by atoms with Crippen LogP contribution in [-0.2, 0) is 9.59 Å². The van der Waals surface area contributed by atoms with Gasteiger partial charge in [0, 0.05) is 5.92 Å². The minimum atomic E-state index is -0.996. The van der Waals surface area contributed by atoms with Gasteiger partial charge < -0.3 is 10.4 Å². The standard InChI is InChI=1S/C13H21NO3/c1-9-4-3-7-13(8-9,12(16)17)14-11(15)10-5-2-6-10/h9-10H,2-8H2,1H3,(H,14,15)(H,16,17). The van der Waals surface area contributed by atoms with E-state index in [1.165, 1.54) is 0 Å². The van der Waals surface area contributed by atoms with Crippen molar-refractivity contribution < 1.29 is 14.7 Å². The molecule has 0 radical (unpaired) electrons. The molecule has 0 bridgehead atoms. The quantitative estimate of drug-likeness (QED) is 0.791. The van der Waals surface area contributed by atoms with E-state index in [1.807, 2.05) is 0 Å². The van der Waals surface area contributed by atoms with Crippen LogP contribution in [0.2, 0.25) is 0 Å². The molecule has 2 saturated carbocycles. The first-order chi connectivity index (χ1) is 8.03. The van der Waals surface area contributed by atoms with Crippen molar-refractivity contribution in [2.75, 3.05) is 0 Å². The van der Waals surface area contributed by atoms with Crippen LogP contribution in [0, 0.1) is 11.8 Å². The number of amides is 1. The average Bonchev–Trinajstić information content (AvgIpc) is 2.13. The Labute approximate surface area is 102 Å². The molecular weight excluding hydrogens is 218 g/mol. The molecule has 2 aliphatic carbocycles. The Bertz CT molecular complexity index is 325. The number of rotatable bonds is 3. The van der Waals surface area contributed by atoms with Gasteiger partial charge >= 0.3 is 5.97 Å².